The fraction of sp³-hybridized carbons (Fsp3) is 0.769. The van der Waals surface area contributed by atoms with E-state index in [9.17, 15) is 9.90 Å². The lowest BCUT2D eigenvalue weighted by Gasteiger charge is -2.42. The van der Waals surface area contributed by atoms with E-state index in [-0.39, 0.29) is 11.3 Å². The number of hydrogen-bond donors (Lipinski definition) is 1. The molecule has 2 rings (SSSR count). The molecule has 1 aliphatic carbocycles. The third kappa shape index (κ3) is 2.14. The van der Waals surface area contributed by atoms with Gasteiger partial charge in [0.25, 0.3) is 0 Å². The molecule has 0 bridgehead atoms. The van der Waals surface area contributed by atoms with Gasteiger partial charge in [-0.25, -0.2) is 0 Å². The first-order valence-corrected chi connectivity index (χ1v) is 6.26. The quantitative estimate of drug-likeness (QED) is 0.728. The van der Waals surface area contributed by atoms with Gasteiger partial charge in [-0.05, 0) is 31.6 Å². The summed E-state index contributed by atoms with van der Waals surface area (Å²) < 4.78 is 0. The van der Waals surface area contributed by atoms with E-state index in [0.717, 1.165) is 19.3 Å². The van der Waals surface area contributed by atoms with Gasteiger partial charge in [0.15, 0.2) is 0 Å². The van der Waals surface area contributed by atoms with Gasteiger partial charge in [0.1, 0.15) is 6.23 Å². The number of aliphatic hydroxyl groups excluding tert-OH is 1. The minimum Gasteiger partial charge on any atom is -0.373 e. The average Bonchev–Trinajstić information content (AvgIpc) is 2.65. The summed E-state index contributed by atoms with van der Waals surface area (Å²) in [5.41, 5.74) is 0.128. The molecule has 0 aromatic carbocycles. The van der Waals surface area contributed by atoms with Crippen molar-refractivity contribution in [2.75, 3.05) is 6.54 Å². The van der Waals surface area contributed by atoms with E-state index in [1.807, 2.05) is 19.1 Å². The van der Waals surface area contributed by atoms with Crippen molar-refractivity contribution in [2.24, 2.45) is 5.41 Å². The summed E-state index contributed by atoms with van der Waals surface area (Å²) in [6.07, 6.45) is 9.35. The molecule has 1 spiro atoms. The number of likely N-dealkylation sites (tertiary alicyclic amines) is 1. The molecule has 0 aromatic heterocycles. The first-order valence-electron chi connectivity index (χ1n) is 6.26. The molecule has 2 aliphatic rings. The number of aliphatic hydroxyl groups is 1. The Morgan fingerprint density at radius 2 is 2.19 bits per heavy atom. The van der Waals surface area contributed by atoms with Crippen molar-refractivity contribution in [3.05, 3.63) is 12.2 Å². The van der Waals surface area contributed by atoms with E-state index in [0.29, 0.717) is 13.0 Å². The predicted molar refractivity (Wildman–Crippen MR) is 62.7 cm³/mol. The molecule has 1 N–H and O–H groups in total. The molecule has 0 radical (unpaired) electrons. The van der Waals surface area contributed by atoms with Crippen molar-refractivity contribution in [2.45, 2.75) is 51.7 Å². The Kier molecular flexibility index (Phi) is 3.33. The number of allylic oxidation sites excluding steroid dienone is 1. The highest BCUT2D eigenvalue weighted by molar-refractivity contribution is 5.78. The first kappa shape index (κ1) is 11.6. The van der Waals surface area contributed by atoms with Crippen LogP contribution in [0.15, 0.2) is 12.2 Å². The van der Waals surface area contributed by atoms with Gasteiger partial charge in [0.05, 0.1) is 0 Å². The number of nitrogens with zero attached hydrogens (tertiary/aromatic N) is 1. The predicted octanol–water partition coefficient (Wildman–Crippen LogP) is 2.06. The maximum absolute atomic E-state index is 12.0. The lowest BCUT2D eigenvalue weighted by molar-refractivity contribution is -0.154. The zero-order valence-corrected chi connectivity index (χ0v) is 9.98. The molecule has 1 aliphatic heterocycles. The topological polar surface area (TPSA) is 40.5 Å². The van der Waals surface area contributed by atoms with Gasteiger partial charge >= 0.3 is 0 Å². The summed E-state index contributed by atoms with van der Waals surface area (Å²) in [6.45, 7) is 2.48. The standard InChI is InChI=1S/C13H21NO2/c1-2-3-8-14-11(15)9-13(10-12(14)16)6-4-5-7-13/h2-3,11,15H,4-10H2,1H3/b3-2+. The van der Waals surface area contributed by atoms with Crippen LogP contribution in [-0.4, -0.2) is 28.7 Å². The molecule has 1 unspecified atom stereocenters. The smallest absolute Gasteiger partial charge is 0.225 e. The number of carbonyl (C=O) groups excluding carboxylic acids is 1. The van der Waals surface area contributed by atoms with Gasteiger partial charge in [0.2, 0.25) is 5.91 Å². The number of carbonyl (C=O) groups is 1. The van der Waals surface area contributed by atoms with E-state index in [1.54, 1.807) is 4.90 Å². The van der Waals surface area contributed by atoms with Crippen molar-refractivity contribution >= 4 is 5.91 Å². The summed E-state index contributed by atoms with van der Waals surface area (Å²) in [5, 5.41) is 10.1. The molecule has 1 atom stereocenters. The number of hydrogen-bond acceptors (Lipinski definition) is 2. The Hall–Kier alpha value is -0.830. The summed E-state index contributed by atoms with van der Waals surface area (Å²) in [5.74, 6) is 0.124. The van der Waals surface area contributed by atoms with Crippen molar-refractivity contribution in [3.8, 4) is 0 Å². The van der Waals surface area contributed by atoms with Gasteiger partial charge in [-0.1, -0.05) is 25.0 Å². The summed E-state index contributed by atoms with van der Waals surface area (Å²) in [7, 11) is 0. The SMILES string of the molecule is C/C=C/CN1C(=O)CC2(CCCC2)CC1O. The molecule has 2 fully saturated rings. The lowest BCUT2D eigenvalue weighted by Crippen LogP contribution is -2.49. The average molecular weight is 223 g/mol. The van der Waals surface area contributed by atoms with Crippen molar-refractivity contribution in [1.82, 2.24) is 4.90 Å². The van der Waals surface area contributed by atoms with E-state index in [1.165, 1.54) is 12.8 Å². The Labute approximate surface area is 97.1 Å². The van der Waals surface area contributed by atoms with E-state index in [4.69, 9.17) is 0 Å². The fourth-order valence-corrected chi connectivity index (χ4v) is 3.11. The molecule has 3 heteroatoms. The van der Waals surface area contributed by atoms with E-state index in [2.05, 4.69) is 0 Å². The molecule has 1 heterocycles. The van der Waals surface area contributed by atoms with Crippen LogP contribution in [0, 0.1) is 5.41 Å². The van der Waals surface area contributed by atoms with Crippen LogP contribution < -0.4 is 0 Å². The number of piperidine rings is 1. The maximum atomic E-state index is 12.0. The summed E-state index contributed by atoms with van der Waals surface area (Å²) in [4.78, 5) is 13.6. The van der Waals surface area contributed by atoms with Crippen LogP contribution in [0.2, 0.25) is 0 Å². The normalized spacial score (nSPS) is 29.5. The van der Waals surface area contributed by atoms with Crippen molar-refractivity contribution in [1.29, 1.82) is 0 Å². The second-order valence-electron chi connectivity index (χ2n) is 5.18. The molecular weight excluding hydrogens is 202 g/mol. The van der Waals surface area contributed by atoms with Gasteiger partial charge in [0, 0.05) is 13.0 Å². The molecular formula is C13H21NO2. The highest BCUT2D eigenvalue weighted by atomic mass is 16.3. The lowest BCUT2D eigenvalue weighted by atomic mass is 9.76. The Bertz CT molecular complexity index is 292. The van der Waals surface area contributed by atoms with Gasteiger partial charge in [-0.3, -0.25) is 4.79 Å². The largest absolute Gasteiger partial charge is 0.373 e. The van der Waals surface area contributed by atoms with Crippen molar-refractivity contribution in [3.63, 3.8) is 0 Å². The first-order chi connectivity index (χ1) is 7.67. The molecule has 3 nitrogen and oxygen atoms in total. The number of rotatable bonds is 2. The molecule has 1 saturated heterocycles. The van der Waals surface area contributed by atoms with Crippen LogP contribution >= 0.6 is 0 Å². The summed E-state index contributed by atoms with van der Waals surface area (Å²) in [6, 6.07) is 0. The van der Waals surface area contributed by atoms with Crippen LogP contribution in [0.3, 0.4) is 0 Å². The van der Waals surface area contributed by atoms with Crippen LogP contribution in [0.1, 0.15) is 45.4 Å². The zero-order chi connectivity index (χ0) is 11.6. The third-order valence-electron chi connectivity index (χ3n) is 4.02. The highest BCUT2D eigenvalue weighted by Crippen LogP contribution is 2.47. The minimum absolute atomic E-state index is 0.124. The molecule has 0 aromatic rings. The Morgan fingerprint density at radius 3 is 2.75 bits per heavy atom. The van der Waals surface area contributed by atoms with E-state index < -0.39 is 6.23 Å². The molecule has 90 valence electrons. The molecule has 1 saturated carbocycles. The monoisotopic (exact) mass is 223 g/mol. The number of amides is 1. The zero-order valence-electron chi connectivity index (χ0n) is 9.98. The van der Waals surface area contributed by atoms with Gasteiger partial charge in [-0.15, -0.1) is 0 Å². The third-order valence-corrected chi connectivity index (χ3v) is 4.02. The Morgan fingerprint density at radius 1 is 1.50 bits per heavy atom. The van der Waals surface area contributed by atoms with E-state index >= 15 is 0 Å². The minimum atomic E-state index is -0.574. The maximum Gasteiger partial charge on any atom is 0.225 e. The Balaban J connectivity index is 2.04. The fourth-order valence-electron chi connectivity index (χ4n) is 3.11. The van der Waals surface area contributed by atoms with Gasteiger partial charge in [-0.2, -0.15) is 0 Å². The van der Waals surface area contributed by atoms with Crippen LogP contribution in [0.25, 0.3) is 0 Å². The van der Waals surface area contributed by atoms with Crippen LogP contribution in [0.5, 0.6) is 0 Å². The molecule has 16 heavy (non-hydrogen) atoms. The second-order valence-corrected chi connectivity index (χ2v) is 5.18. The highest BCUT2D eigenvalue weighted by Gasteiger charge is 2.44. The second kappa shape index (κ2) is 4.58. The van der Waals surface area contributed by atoms with Crippen LogP contribution in [0.4, 0.5) is 0 Å². The van der Waals surface area contributed by atoms with Crippen LogP contribution in [-0.2, 0) is 4.79 Å². The summed E-state index contributed by atoms with van der Waals surface area (Å²) >= 11 is 0. The molecule has 1 amide bonds. The van der Waals surface area contributed by atoms with Gasteiger partial charge < -0.3 is 10.0 Å². The van der Waals surface area contributed by atoms with Crippen molar-refractivity contribution < 1.29 is 9.90 Å².